The van der Waals surface area contributed by atoms with Crippen LogP contribution in [0.2, 0.25) is 0 Å². The number of carbonyl (C=O) groups is 1. The van der Waals surface area contributed by atoms with Crippen LogP contribution in [0.3, 0.4) is 0 Å². The SMILES string of the molecule is COC(COC(=O)NCc1ccccn1)COC1CCCCO1. The van der Waals surface area contributed by atoms with Crippen LogP contribution in [0.5, 0.6) is 0 Å². The predicted molar refractivity (Wildman–Crippen MR) is 82.8 cm³/mol. The fourth-order valence-electron chi connectivity index (χ4n) is 2.13. The van der Waals surface area contributed by atoms with E-state index in [1.54, 1.807) is 13.3 Å². The lowest BCUT2D eigenvalue weighted by Crippen LogP contribution is -2.33. The lowest BCUT2D eigenvalue weighted by Gasteiger charge is -2.24. The lowest BCUT2D eigenvalue weighted by molar-refractivity contribution is -0.180. The van der Waals surface area contributed by atoms with Gasteiger partial charge in [-0.3, -0.25) is 4.98 Å². The molecule has 1 amide bonds. The smallest absolute Gasteiger partial charge is 0.407 e. The molecule has 0 aromatic carbocycles. The number of ether oxygens (including phenoxy) is 4. The Morgan fingerprint density at radius 2 is 2.35 bits per heavy atom. The molecule has 128 valence electrons. The average molecular weight is 324 g/mol. The molecule has 23 heavy (non-hydrogen) atoms. The minimum absolute atomic E-state index is 0.122. The maximum absolute atomic E-state index is 11.7. The first-order valence-electron chi connectivity index (χ1n) is 7.84. The van der Waals surface area contributed by atoms with Crippen LogP contribution in [0, 0.1) is 0 Å². The van der Waals surface area contributed by atoms with Gasteiger partial charge < -0.3 is 24.3 Å². The molecule has 0 saturated carbocycles. The second kappa shape index (κ2) is 10.1. The standard InChI is InChI=1S/C16H24N2O5/c1-20-14(11-22-15-7-3-5-9-21-15)12-23-16(19)18-10-13-6-2-4-8-17-13/h2,4,6,8,14-15H,3,5,7,9-12H2,1H3,(H,18,19). The first kappa shape index (κ1) is 17.7. The quantitative estimate of drug-likeness (QED) is 0.786. The van der Waals surface area contributed by atoms with E-state index < -0.39 is 6.09 Å². The zero-order valence-electron chi connectivity index (χ0n) is 13.4. The van der Waals surface area contributed by atoms with E-state index in [2.05, 4.69) is 10.3 Å². The van der Waals surface area contributed by atoms with E-state index >= 15 is 0 Å². The van der Waals surface area contributed by atoms with Gasteiger partial charge in [0.25, 0.3) is 0 Å². The summed E-state index contributed by atoms with van der Waals surface area (Å²) >= 11 is 0. The van der Waals surface area contributed by atoms with Crippen molar-refractivity contribution in [3.05, 3.63) is 30.1 Å². The molecular formula is C16H24N2O5. The maximum atomic E-state index is 11.7. The van der Waals surface area contributed by atoms with Gasteiger partial charge in [0, 0.05) is 19.9 Å². The number of rotatable bonds is 8. The number of hydrogen-bond donors (Lipinski definition) is 1. The highest BCUT2D eigenvalue weighted by molar-refractivity contribution is 5.67. The van der Waals surface area contributed by atoms with Gasteiger partial charge in [-0.2, -0.15) is 0 Å². The Morgan fingerprint density at radius 1 is 1.43 bits per heavy atom. The van der Waals surface area contributed by atoms with E-state index in [9.17, 15) is 4.79 Å². The Labute approximate surface area is 136 Å². The van der Waals surface area contributed by atoms with E-state index in [-0.39, 0.29) is 19.0 Å². The number of amides is 1. The van der Waals surface area contributed by atoms with Gasteiger partial charge in [-0.25, -0.2) is 4.79 Å². The summed E-state index contributed by atoms with van der Waals surface area (Å²) in [5, 5.41) is 2.64. The number of aromatic nitrogens is 1. The Hall–Kier alpha value is -1.70. The van der Waals surface area contributed by atoms with E-state index in [4.69, 9.17) is 18.9 Å². The number of nitrogens with one attached hydrogen (secondary N) is 1. The molecule has 1 aliphatic rings. The summed E-state index contributed by atoms with van der Waals surface area (Å²) in [6, 6.07) is 5.51. The molecule has 2 unspecified atom stereocenters. The van der Waals surface area contributed by atoms with Crippen molar-refractivity contribution >= 4 is 6.09 Å². The number of hydrogen-bond acceptors (Lipinski definition) is 6. The van der Waals surface area contributed by atoms with Gasteiger partial charge in [-0.1, -0.05) is 6.07 Å². The molecule has 7 heteroatoms. The van der Waals surface area contributed by atoms with Gasteiger partial charge in [0.2, 0.25) is 0 Å². The highest BCUT2D eigenvalue weighted by atomic mass is 16.7. The molecular weight excluding hydrogens is 300 g/mol. The number of alkyl carbamates (subject to hydrolysis) is 1. The molecule has 1 fully saturated rings. The molecule has 1 saturated heterocycles. The van der Waals surface area contributed by atoms with Crippen molar-refractivity contribution in [2.24, 2.45) is 0 Å². The van der Waals surface area contributed by atoms with Crippen LogP contribution >= 0.6 is 0 Å². The van der Waals surface area contributed by atoms with E-state index in [1.807, 2.05) is 18.2 Å². The third-order valence-corrected chi connectivity index (χ3v) is 3.48. The van der Waals surface area contributed by atoms with Crippen molar-refractivity contribution in [3.63, 3.8) is 0 Å². The fourth-order valence-corrected chi connectivity index (χ4v) is 2.13. The van der Waals surface area contributed by atoms with Crippen LogP contribution in [-0.2, 0) is 25.5 Å². The Kier molecular flexibility index (Phi) is 7.79. The molecule has 0 spiro atoms. The molecule has 0 aliphatic carbocycles. The summed E-state index contributed by atoms with van der Waals surface area (Å²) in [7, 11) is 1.56. The van der Waals surface area contributed by atoms with Gasteiger partial charge in [0.05, 0.1) is 18.8 Å². The summed E-state index contributed by atoms with van der Waals surface area (Å²) in [5.74, 6) is 0. The normalized spacial score (nSPS) is 19.1. The second-order valence-corrected chi connectivity index (χ2v) is 5.26. The molecule has 2 heterocycles. The first-order chi connectivity index (χ1) is 11.3. The second-order valence-electron chi connectivity index (χ2n) is 5.26. The summed E-state index contributed by atoms with van der Waals surface area (Å²) in [6.45, 7) is 1.50. The summed E-state index contributed by atoms with van der Waals surface area (Å²) < 4.78 is 21.5. The first-order valence-corrected chi connectivity index (χ1v) is 7.84. The molecule has 7 nitrogen and oxygen atoms in total. The maximum Gasteiger partial charge on any atom is 0.407 e. The van der Waals surface area contributed by atoms with Crippen LogP contribution < -0.4 is 5.32 Å². The highest BCUT2D eigenvalue weighted by Gasteiger charge is 2.18. The minimum atomic E-state index is -0.508. The van der Waals surface area contributed by atoms with Crippen LogP contribution in [0.4, 0.5) is 4.79 Å². The van der Waals surface area contributed by atoms with Crippen LogP contribution in [0.1, 0.15) is 25.0 Å². The molecule has 0 bridgehead atoms. The van der Waals surface area contributed by atoms with Gasteiger partial charge in [0.1, 0.15) is 12.7 Å². The summed E-state index contributed by atoms with van der Waals surface area (Å²) in [4.78, 5) is 15.8. The van der Waals surface area contributed by atoms with E-state index in [0.717, 1.165) is 31.6 Å². The topological polar surface area (TPSA) is 78.9 Å². The Morgan fingerprint density at radius 3 is 3.04 bits per heavy atom. The molecule has 1 N–H and O–H groups in total. The van der Waals surface area contributed by atoms with E-state index in [0.29, 0.717) is 13.2 Å². The number of carbonyl (C=O) groups excluding carboxylic acids is 1. The summed E-state index contributed by atoms with van der Waals surface area (Å²) in [6.07, 6.45) is 3.74. The zero-order chi connectivity index (χ0) is 16.3. The largest absolute Gasteiger partial charge is 0.447 e. The zero-order valence-corrected chi connectivity index (χ0v) is 13.4. The monoisotopic (exact) mass is 324 g/mol. The van der Waals surface area contributed by atoms with Crippen LogP contribution in [-0.4, -0.2) is 50.4 Å². The molecule has 1 aromatic rings. The fraction of sp³-hybridized carbons (Fsp3) is 0.625. The highest BCUT2D eigenvalue weighted by Crippen LogP contribution is 2.14. The van der Waals surface area contributed by atoms with Gasteiger partial charge in [-0.05, 0) is 31.4 Å². The molecule has 0 radical (unpaired) electrons. The average Bonchev–Trinajstić information content (AvgIpc) is 2.62. The Bertz CT molecular complexity index is 451. The minimum Gasteiger partial charge on any atom is -0.447 e. The number of methoxy groups -OCH3 is 1. The van der Waals surface area contributed by atoms with E-state index in [1.165, 1.54) is 0 Å². The van der Waals surface area contributed by atoms with Gasteiger partial charge in [-0.15, -0.1) is 0 Å². The molecule has 1 aliphatic heterocycles. The molecule has 2 atom stereocenters. The molecule has 1 aromatic heterocycles. The predicted octanol–water partition coefficient (Wildman–Crippen LogP) is 1.87. The van der Waals surface area contributed by atoms with Crippen LogP contribution in [0.25, 0.3) is 0 Å². The van der Waals surface area contributed by atoms with Crippen molar-refractivity contribution < 1.29 is 23.7 Å². The van der Waals surface area contributed by atoms with Crippen molar-refractivity contribution in [3.8, 4) is 0 Å². The Balaban J connectivity index is 1.60. The summed E-state index contributed by atoms with van der Waals surface area (Å²) in [5.41, 5.74) is 0.769. The number of pyridine rings is 1. The van der Waals surface area contributed by atoms with Gasteiger partial charge in [0.15, 0.2) is 6.29 Å². The van der Waals surface area contributed by atoms with Gasteiger partial charge >= 0.3 is 6.09 Å². The van der Waals surface area contributed by atoms with Crippen LogP contribution in [0.15, 0.2) is 24.4 Å². The number of nitrogens with zero attached hydrogens (tertiary/aromatic N) is 1. The third-order valence-electron chi connectivity index (χ3n) is 3.48. The van der Waals surface area contributed by atoms with Crippen molar-refractivity contribution in [2.45, 2.75) is 38.2 Å². The molecule has 2 rings (SSSR count). The van der Waals surface area contributed by atoms with Crippen molar-refractivity contribution in [2.75, 3.05) is 26.9 Å². The third kappa shape index (κ3) is 6.94. The van der Waals surface area contributed by atoms with Crippen molar-refractivity contribution in [1.82, 2.24) is 10.3 Å². The lowest BCUT2D eigenvalue weighted by atomic mass is 10.2. The van der Waals surface area contributed by atoms with Crippen molar-refractivity contribution in [1.29, 1.82) is 0 Å².